The zero-order valence-corrected chi connectivity index (χ0v) is 17.5. The van der Waals surface area contributed by atoms with E-state index in [-0.39, 0.29) is 23.3 Å². The highest BCUT2D eigenvalue weighted by Gasteiger charge is 2.36. The maximum absolute atomic E-state index is 14.8. The Bertz CT molecular complexity index is 963. The number of alkyl halides is 1. The molecular formula is C19H24FN3O3S2. The molecule has 2 aliphatic heterocycles. The molecule has 0 spiro atoms. The average Bonchev–Trinajstić information content (AvgIpc) is 3.26. The molecule has 28 heavy (non-hydrogen) atoms. The van der Waals surface area contributed by atoms with Gasteiger partial charge in [0, 0.05) is 55.7 Å². The van der Waals surface area contributed by atoms with E-state index < -0.39 is 16.2 Å². The molecule has 3 heterocycles. The van der Waals surface area contributed by atoms with Crippen LogP contribution < -0.4 is 4.74 Å². The van der Waals surface area contributed by atoms with Crippen molar-refractivity contribution in [3.8, 4) is 5.75 Å². The lowest BCUT2D eigenvalue weighted by Gasteiger charge is -2.33. The average molecular weight is 426 g/mol. The van der Waals surface area contributed by atoms with Crippen molar-refractivity contribution >= 4 is 21.8 Å². The molecule has 0 amide bonds. The molecule has 3 atom stereocenters. The summed E-state index contributed by atoms with van der Waals surface area (Å²) in [5.74, 6) is 1.31. The van der Waals surface area contributed by atoms with Crippen molar-refractivity contribution in [3.05, 3.63) is 36.2 Å². The van der Waals surface area contributed by atoms with Crippen molar-refractivity contribution in [2.24, 2.45) is 13.0 Å². The van der Waals surface area contributed by atoms with Gasteiger partial charge in [0.25, 0.3) is 0 Å². The van der Waals surface area contributed by atoms with Crippen molar-refractivity contribution in [3.63, 3.8) is 0 Å². The maximum Gasteiger partial charge on any atom is 0.243 e. The third-order valence-corrected chi connectivity index (χ3v) is 8.59. The Labute approximate surface area is 169 Å². The molecule has 1 unspecified atom stereocenters. The first kappa shape index (κ1) is 19.7. The number of aryl methyl sites for hydroxylation is 1. The summed E-state index contributed by atoms with van der Waals surface area (Å²) in [6.45, 7) is 2.80. The molecule has 6 nitrogen and oxygen atoms in total. The summed E-state index contributed by atoms with van der Waals surface area (Å²) in [5, 5.41) is 0.844. The van der Waals surface area contributed by atoms with E-state index in [1.165, 1.54) is 16.1 Å². The van der Waals surface area contributed by atoms with Gasteiger partial charge in [-0.25, -0.2) is 17.8 Å². The summed E-state index contributed by atoms with van der Waals surface area (Å²) >= 11 is 1.51. The standard InChI is InChI=1S/C19H24FN3O3S2/c1-13-11-26-18-4-3-15(9-16(13)18)28(24,25)23-7-5-14(17(20)10-23)12-27-19-21-6-8-22(19)2/h3-4,6,8-9,13-14,17H,5,7,10-12H2,1-2H3/t13?,14-,17+/m0/s1. The molecule has 2 aromatic rings. The number of rotatable bonds is 5. The van der Waals surface area contributed by atoms with Gasteiger partial charge in [-0.2, -0.15) is 4.31 Å². The fourth-order valence-electron chi connectivity index (χ4n) is 3.66. The molecule has 0 radical (unpaired) electrons. The summed E-state index contributed by atoms with van der Waals surface area (Å²) in [5.41, 5.74) is 0.902. The monoisotopic (exact) mass is 425 g/mol. The molecular weight excluding hydrogens is 401 g/mol. The van der Waals surface area contributed by atoms with Crippen LogP contribution in [0.2, 0.25) is 0 Å². The Morgan fingerprint density at radius 1 is 1.39 bits per heavy atom. The number of hydrogen-bond acceptors (Lipinski definition) is 5. The van der Waals surface area contributed by atoms with E-state index in [4.69, 9.17) is 4.74 Å². The molecule has 2 aliphatic rings. The van der Waals surface area contributed by atoms with Crippen LogP contribution in [-0.2, 0) is 17.1 Å². The second kappa shape index (κ2) is 7.68. The van der Waals surface area contributed by atoms with Crippen molar-refractivity contribution < 1.29 is 17.5 Å². The van der Waals surface area contributed by atoms with Crippen LogP contribution in [0.25, 0.3) is 0 Å². The van der Waals surface area contributed by atoms with Gasteiger partial charge in [-0.05, 0) is 24.6 Å². The minimum absolute atomic E-state index is 0.0999. The van der Waals surface area contributed by atoms with Crippen LogP contribution in [0.4, 0.5) is 4.39 Å². The van der Waals surface area contributed by atoms with Crippen molar-refractivity contribution in [1.29, 1.82) is 0 Å². The predicted octanol–water partition coefficient (Wildman–Crippen LogP) is 3.06. The highest BCUT2D eigenvalue weighted by molar-refractivity contribution is 7.99. The highest BCUT2D eigenvalue weighted by atomic mass is 32.2. The Balaban J connectivity index is 1.43. The van der Waals surface area contributed by atoms with Gasteiger partial charge in [-0.15, -0.1) is 0 Å². The van der Waals surface area contributed by atoms with Crippen LogP contribution in [0, 0.1) is 5.92 Å². The van der Waals surface area contributed by atoms with Crippen LogP contribution >= 0.6 is 11.8 Å². The molecule has 9 heteroatoms. The van der Waals surface area contributed by atoms with Gasteiger partial charge in [-0.1, -0.05) is 18.7 Å². The first-order chi connectivity index (χ1) is 13.4. The summed E-state index contributed by atoms with van der Waals surface area (Å²) in [7, 11) is -1.81. The largest absolute Gasteiger partial charge is 0.493 e. The van der Waals surface area contributed by atoms with Gasteiger partial charge >= 0.3 is 0 Å². The van der Waals surface area contributed by atoms with Crippen molar-refractivity contribution in [2.45, 2.75) is 35.5 Å². The number of piperidine rings is 1. The molecule has 0 aliphatic carbocycles. The van der Waals surface area contributed by atoms with E-state index in [1.54, 1.807) is 24.4 Å². The van der Waals surface area contributed by atoms with Gasteiger partial charge in [0.15, 0.2) is 5.16 Å². The number of benzene rings is 1. The summed E-state index contributed by atoms with van der Waals surface area (Å²) < 4.78 is 49.6. The fourth-order valence-corrected chi connectivity index (χ4v) is 6.30. The fraction of sp³-hybridized carbons (Fsp3) is 0.526. The molecule has 1 aromatic carbocycles. The topological polar surface area (TPSA) is 64.4 Å². The van der Waals surface area contributed by atoms with E-state index in [0.717, 1.165) is 16.5 Å². The number of fused-ring (bicyclic) bond motifs is 1. The zero-order chi connectivity index (χ0) is 19.9. The third-order valence-electron chi connectivity index (χ3n) is 5.48. The Hall–Kier alpha value is -1.58. The number of aromatic nitrogens is 2. The summed E-state index contributed by atoms with van der Waals surface area (Å²) in [4.78, 5) is 4.46. The zero-order valence-electron chi connectivity index (χ0n) is 15.9. The van der Waals surface area contributed by atoms with Gasteiger partial charge in [-0.3, -0.25) is 0 Å². The number of thioether (sulfide) groups is 1. The molecule has 0 bridgehead atoms. The summed E-state index contributed by atoms with van der Waals surface area (Å²) in [6.07, 6.45) is 2.88. The lowest BCUT2D eigenvalue weighted by atomic mass is 9.98. The first-order valence-electron chi connectivity index (χ1n) is 9.37. The first-order valence-corrected chi connectivity index (χ1v) is 11.8. The number of imidazole rings is 1. The molecule has 4 rings (SSSR count). The second-order valence-corrected chi connectivity index (χ2v) is 10.4. The molecule has 1 fully saturated rings. The predicted molar refractivity (Wildman–Crippen MR) is 106 cm³/mol. The lowest BCUT2D eigenvalue weighted by Crippen LogP contribution is -2.45. The maximum atomic E-state index is 14.8. The van der Waals surface area contributed by atoms with Crippen LogP contribution in [-0.4, -0.2) is 53.9 Å². The third kappa shape index (κ3) is 3.67. The molecule has 152 valence electrons. The molecule has 1 aromatic heterocycles. The minimum atomic E-state index is -3.71. The highest BCUT2D eigenvalue weighted by Crippen LogP contribution is 2.36. The quantitative estimate of drug-likeness (QED) is 0.689. The van der Waals surface area contributed by atoms with E-state index in [0.29, 0.717) is 25.3 Å². The number of halogens is 1. The van der Waals surface area contributed by atoms with Gasteiger partial charge in [0.2, 0.25) is 10.0 Å². The van der Waals surface area contributed by atoms with Crippen LogP contribution in [0.15, 0.2) is 40.6 Å². The van der Waals surface area contributed by atoms with E-state index in [2.05, 4.69) is 4.98 Å². The van der Waals surface area contributed by atoms with E-state index in [9.17, 15) is 12.8 Å². The van der Waals surface area contributed by atoms with Crippen LogP contribution in [0.1, 0.15) is 24.8 Å². The smallest absolute Gasteiger partial charge is 0.243 e. The lowest BCUT2D eigenvalue weighted by molar-refractivity contribution is 0.146. The van der Waals surface area contributed by atoms with Crippen molar-refractivity contribution in [2.75, 3.05) is 25.4 Å². The Morgan fingerprint density at radius 2 is 2.21 bits per heavy atom. The summed E-state index contributed by atoms with van der Waals surface area (Å²) in [6, 6.07) is 4.94. The number of ether oxygens (including phenoxy) is 1. The Kier molecular flexibility index (Phi) is 5.41. The number of nitrogens with zero attached hydrogens (tertiary/aromatic N) is 3. The van der Waals surface area contributed by atoms with Gasteiger partial charge in [0.1, 0.15) is 11.9 Å². The normalized spacial score (nSPS) is 25.5. The van der Waals surface area contributed by atoms with Gasteiger partial charge in [0.05, 0.1) is 11.5 Å². The van der Waals surface area contributed by atoms with Gasteiger partial charge < -0.3 is 9.30 Å². The van der Waals surface area contributed by atoms with E-state index >= 15 is 0 Å². The van der Waals surface area contributed by atoms with Crippen LogP contribution in [0.3, 0.4) is 0 Å². The second-order valence-electron chi connectivity index (χ2n) is 7.47. The minimum Gasteiger partial charge on any atom is -0.493 e. The SMILES string of the molecule is CC1COc2ccc(S(=O)(=O)N3CC[C@@H](CSc4nccn4C)[C@H](F)C3)cc21. The number of hydrogen-bond donors (Lipinski definition) is 0. The molecule has 1 saturated heterocycles. The van der Waals surface area contributed by atoms with Crippen LogP contribution in [0.5, 0.6) is 5.75 Å². The van der Waals surface area contributed by atoms with E-state index in [1.807, 2.05) is 24.7 Å². The molecule has 0 N–H and O–H groups in total. The molecule has 0 saturated carbocycles. The number of sulfonamides is 1. The van der Waals surface area contributed by atoms with Crippen molar-refractivity contribution in [1.82, 2.24) is 13.9 Å². The Morgan fingerprint density at radius 3 is 2.93 bits per heavy atom.